The van der Waals surface area contributed by atoms with Gasteiger partial charge in [0.25, 0.3) is 0 Å². The van der Waals surface area contributed by atoms with Crippen molar-refractivity contribution in [2.75, 3.05) is 13.7 Å². The van der Waals surface area contributed by atoms with E-state index in [0.717, 1.165) is 24.9 Å². The highest BCUT2D eigenvalue weighted by molar-refractivity contribution is 6.30. The van der Waals surface area contributed by atoms with Crippen LogP contribution in [0.3, 0.4) is 0 Å². The predicted octanol–water partition coefficient (Wildman–Crippen LogP) is 3.10. The van der Waals surface area contributed by atoms with Crippen LogP contribution in [0.5, 0.6) is 0 Å². The molecule has 3 unspecified atom stereocenters. The Morgan fingerprint density at radius 2 is 2.14 bits per heavy atom. The lowest BCUT2D eigenvalue weighted by Gasteiger charge is -2.24. The fourth-order valence-corrected chi connectivity index (χ4v) is 2.95. The lowest BCUT2D eigenvalue weighted by Crippen LogP contribution is -2.40. The van der Waals surface area contributed by atoms with Gasteiger partial charge < -0.3 is 15.4 Å². The van der Waals surface area contributed by atoms with Crippen molar-refractivity contribution in [1.82, 2.24) is 10.6 Å². The number of rotatable bonds is 6. The van der Waals surface area contributed by atoms with Crippen LogP contribution in [0.1, 0.15) is 37.9 Å². The Bertz CT molecular complexity index is 462. The Hall–Kier alpha value is -0.810. The topological polar surface area (TPSA) is 50.4 Å². The van der Waals surface area contributed by atoms with E-state index >= 15 is 0 Å². The number of hydrogen-bond acceptors (Lipinski definition) is 3. The van der Waals surface area contributed by atoms with Gasteiger partial charge in [-0.2, -0.15) is 0 Å². The molecule has 1 amide bonds. The number of hydrogen-bond donors (Lipinski definition) is 2. The molecule has 3 atom stereocenters. The summed E-state index contributed by atoms with van der Waals surface area (Å²) >= 11 is 5.90. The van der Waals surface area contributed by atoms with E-state index in [2.05, 4.69) is 10.6 Å². The highest BCUT2D eigenvalue weighted by atomic mass is 35.5. The van der Waals surface area contributed by atoms with E-state index in [-0.39, 0.29) is 30.5 Å². The number of nitrogens with one attached hydrogen (secondary N) is 2. The average Bonchev–Trinajstić information content (AvgIpc) is 2.94. The van der Waals surface area contributed by atoms with Crippen molar-refractivity contribution in [3.63, 3.8) is 0 Å². The number of carbonyl (C=O) groups is 1. The molecule has 1 aliphatic rings. The van der Waals surface area contributed by atoms with Gasteiger partial charge in [-0.15, -0.1) is 12.4 Å². The molecule has 1 aliphatic heterocycles. The molecule has 0 saturated carbocycles. The van der Waals surface area contributed by atoms with Gasteiger partial charge in [-0.25, -0.2) is 0 Å². The van der Waals surface area contributed by atoms with Crippen molar-refractivity contribution in [3.8, 4) is 0 Å². The van der Waals surface area contributed by atoms with E-state index in [0.29, 0.717) is 17.5 Å². The minimum Gasteiger partial charge on any atom is -0.375 e. The van der Waals surface area contributed by atoms with Crippen molar-refractivity contribution in [2.45, 2.75) is 44.4 Å². The van der Waals surface area contributed by atoms with E-state index in [4.69, 9.17) is 16.3 Å². The molecular formula is C16H24Cl2N2O2. The van der Waals surface area contributed by atoms with Gasteiger partial charge in [-0.3, -0.25) is 4.79 Å². The maximum atomic E-state index is 12.1. The third-order valence-corrected chi connectivity index (χ3v) is 4.14. The molecule has 1 aromatic carbocycles. The molecule has 0 aliphatic carbocycles. The Labute approximate surface area is 143 Å². The highest BCUT2D eigenvalue weighted by Crippen LogP contribution is 2.22. The Balaban J connectivity index is 0.00000242. The van der Waals surface area contributed by atoms with Crippen LogP contribution in [0.4, 0.5) is 0 Å². The van der Waals surface area contributed by atoms with Crippen molar-refractivity contribution in [2.24, 2.45) is 0 Å². The van der Waals surface area contributed by atoms with Crippen LogP contribution >= 0.6 is 24.0 Å². The van der Waals surface area contributed by atoms with Crippen LogP contribution in [0.15, 0.2) is 24.3 Å². The zero-order valence-corrected chi connectivity index (χ0v) is 14.5. The van der Waals surface area contributed by atoms with Crippen LogP contribution in [-0.2, 0) is 9.53 Å². The summed E-state index contributed by atoms with van der Waals surface area (Å²) in [5.74, 6) is 0.0675. The van der Waals surface area contributed by atoms with Gasteiger partial charge in [-0.1, -0.05) is 23.7 Å². The summed E-state index contributed by atoms with van der Waals surface area (Å²) in [6.45, 7) is 2.97. The quantitative estimate of drug-likeness (QED) is 0.831. The summed E-state index contributed by atoms with van der Waals surface area (Å²) in [5, 5.41) is 7.06. The molecule has 124 valence electrons. The summed E-state index contributed by atoms with van der Waals surface area (Å²) in [5.41, 5.74) is 1.01. The molecule has 0 radical (unpaired) electrons. The molecular weight excluding hydrogens is 323 g/mol. The summed E-state index contributed by atoms with van der Waals surface area (Å²) in [4.78, 5) is 12.1. The molecule has 1 saturated heterocycles. The van der Waals surface area contributed by atoms with Gasteiger partial charge in [0.05, 0.1) is 6.04 Å². The van der Waals surface area contributed by atoms with Crippen molar-refractivity contribution >= 4 is 29.9 Å². The van der Waals surface area contributed by atoms with E-state index in [9.17, 15) is 4.79 Å². The predicted molar refractivity (Wildman–Crippen MR) is 91.7 cm³/mol. The Morgan fingerprint density at radius 3 is 2.68 bits per heavy atom. The molecule has 1 fully saturated rings. The molecule has 22 heavy (non-hydrogen) atoms. The fourth-order valence-electron chi connectivity index (χ4n) is 2.82. The minimum absolute atomic E-state index is 0. The molecule has 2 N–H and O–H groups in total. The summed E-state index contributed by atoms with van der Waals surface area (Å²) in [7, 11) is 1.65. The zero-order valence-electron chi connectivity index (χ0n) is 13.0. The molecule has 1 heterocycles. The Morgan fingerprint density at radius 1 is 1.45 bits per heavy atom. The first-order valence-corrected chi connectivity index (χ1v) is 7.79. The van der Waals surface area contributed by atoms with Crippen LogP contribution in [0, 0.1) is 0 Å². The van der Waals surface area contributed by atoms with Gasteiger partial charge >= 0.3 is 0 Å². The van der Waals surface area contributed by atoms with Crippen molar-refractivity contribution in [1.29, 1.82) is 0 Å². The molecule has 2 rings (SSSR count). The molecule has 0 aromatic heterocycles. The number of methoxy groups -OCH3 is 1. The van der Waals surface area contributed by atoms with Gasteiger partial charge in [0.2, 0.25) is 5.91 Å². The molecule has 4 nitrogen and oxygen atoms in total. The third kappa shape index (κ3) is 5.43. The SMILES string of the molecule is COC(c1ccc(Cl)cc1)C(C)NC(=O)CC1CCCN1.Cl. The van der Waals surface area contributed by atoms with Crippen molar-refractivity contribution in [3.05, 3.63) is 34.9 Å². The lowest BCUT2D eigenvalue weighted by molar-refractivity contribution is -0.123. The lowest BCUT2D eigenvalue weighted by atomic mass is 10.0. The summed E-state index contributed by atoms with van der Waals surface area (Å²) < 4.78 is 5.54. The van der Waals surface area contributed by atoms with Gasteiger partial charge in [0.15, 0.2) is 0 Å². The molecule has 0 spiro atoms. The first kappa shape index (κ1) is 19.2. The summed E-state index contributed by atoms with van der Waals surface area (Å²) in [6, 6.07) is 7.74. The van der Waals surface area contributed by atoms with Crippen LogP contribution in [-0.4, -0.2) is 31.6 Å². The van der Waals surface area contributed by atoms with Crippen molar-refractivity contribution < 1.29 is 9.53 Å². The number of halogens is 2. The van der Waals surface area contributed by atoms with Crippen LogP contribution in [0.25, 0.3) is 0 Å². The van der Waals surface area contributed by atoms with E-state index in [1.54, 1.807) is 7.11 Å². The molecule has 1 aromatic rings. The van der Waals surface area contributed by atoms with E-state index in [1.807, 2.05) is 31.2 Å². The maximum Gasteiger partial charge on any atom is 0.221 e. The largest absolute Gasteiger partial charge is 0.375 e. The second-order valence-electron chi connectivity index (χ2n) is 5.56. The van der Waals surface area contributed by atoms with Crippen LogP contribution < -0.4 is 10.6 Å². The smallest absolute Gasteiger partial charge is 0.221 e. The average molecular weight is 347 g/mol. The number of amides is 1. The normalized spacial score (nSPS) is 20.0. The number of benzene rings is 1. The monoisotopic (exact) mass is 346 g/mol. The molecule has 0 bridgehead atoms. The molecule has 6 heteroatoms. The fraction of sp³-hybridized carbons (Fsp3) is 0.562. The number of carbonyl (C=O) groups excluding carboxylic acids is 1. The first-order valence-electron chi connectivity index (χ1n) is 7.41. The second-order valence-corrected chi connectivity index (χ2v) is 6.00. The first-order chi connectivity index (χ1) is 10.1. The maximum absolute atomic E-state index is 12.1. The minimum atomic E-state index is -0.178. The van der Waals surface area contributed by atoms with E-state index in [1.165, 1.54) is 0 Å². The second kappa shape index (κ2) is 9.36. The van der Waals surface area contributed by atoms with Crippen LogP contribution in [0.2, 0.25) is 5.02 Å². The highest BCUT2D eigenvalue weighted by Gasteiger charge is 2.23. The van der Waals surface area contributed by atoms with Gasteiger partial charge in [0.1, 0.15) is 6.10 Å². The van der Waals surface area contributed by atoms with Gasteiger partial charge in [-0.05, 0) is 44.0 Å². The zero-order chi connectivity index (χ0) is 15.2. The van der Waals surface area contributed by atoms with Gasteiger partial charge in [0, 0.05) is 24.6 Å². The van der Waals surface area contributed by atoms with E-state index < -0.39 is 0 Å². The number of ether oxygens (including phenoxy) is 1. The standard InChI is InChI=1S/C16H23ClN2O2.ClH/c1-11(19-15(20)10-14-4-3-9-18-14)16(21-2)12-5-7-13(17)8-6-12;/h5-8,11,14,16,18H,3-4,9-10H2,1-2H3,(H,19,20);1H. The third-order valence-electron chi connectivity index (χ3n) is 3.89. The summed E-state index contributed by atoms with van der Waals surface area (Å²) in [6.07, 6.45) is 2.58. The Kier molecular flexibility index (Phi) is 8.18.